The minimum Gasteiger partial charge on any atom is -0.454 e. The Labute approximate surface area is 155 Å². The molecule has 27 heavy (non-hydrogen) atoms. The Morgan fingerprint density at radius 1 is 1.11 bits per heavy atom. The van der Waals surface area contributed by atoms with Crippen LogP contribution in [0.5, 0.6) is 23.1 Å². The highest BCUT2D eigenvalue weighted by atomic mass is 16.7. The maximum absolute atomic E-state index is 12.2. The number of amides is 1. The van der Waals surface area contributed by atoms with Crippen molar-refractivity contribution in [2.45, 2.75) is 0 Å². The van der Waals surface area contributed by atoms with Gasteiger partial charge >= 0.3 is 0 Å². The molecule has 0 atom stereocenters. The Morgan fingerprint density at radius 2 is 2.04 bits per heavy atom. The van der Waals surface area contributed by atoms with Crippen molar-refractivity contribution >= 4 is 17.7 Å². The number of nitrogens with one attached hydrogen (secondary N) is 1. The first kappa shape index (κ1) is 16.6. The van der Waals surface area contributed by atoms with Crippen molar-refractivity contribution < 1.29 is 19.0 Å². The average molecular weight is 361 g/mol. The van der Waals surface area contributed by atoms with Crippen LogP contribution in [0, 0.1) is 0 Å². The molecule has 4 rings (SSSR count). The van der Waals surface area contributed by atoms with Gasteiger partial charge in [-0.2, -0.15) is 0 Å². The Morgan fingerprint density at radius 3 is 2.93 bits per heavy atom. The van der Waals surface area contributed by atoms with Crippen LogP contribution >= 0.6 is 0 Å². The van der Waals surface area contributed by atoms with E-state index in [1.807, 2.05) is 18.2 Å². The summed E-state index contributed by atoms with van der Waals surface area (Å²) in [6.07, 6.45) is 7.78. The zero-order chi connectivity index (χ0) is 18.5. The van der Waals surface area contributed by atoms with Crippen LogP contribution in [0.4, 0.5) is 5.69 Å². The van der Waals surface area contributed by atoms with E-state index in [1.165, 1.54) is 12.3 Å². The summed E-state index contributed by atoms with van der Waals surface area (Å²) in [6.45, 7) is 0.218. The van der Waals surface area contributed by atoms with E-state index in [0.717, 1.165) is 5.56 Å². The monoisotopic (exact) mass is 361 g/mol. The van der Waals surface area contributed by atoms with Crippen LogP contribution in [-0.2, 0) is 4.79 Å². The van der Waals surface area contributed by atoms with Gasteiger partial charge in [0.1, 0.15) is 5.75 Å². The van der Waals surface area contributed by atoms with Gasteiger partial charge in [-0.1, -0.05) is 12.1 Å². The molecule has 1 aliphatic heterocycles. The molecule has 0 saturated carbocycles. The maximum Gasteiger partial charge on any atom is 0.248 e. The van der Waals surface area contributed by atoms with Crippen molar-refractivity contribution in [3.63, 3.8) is 0 Å². The average Bonchev–Trinajstić information content (AvgIpc) is 3.15. The number of rotatable bonds is 5. The van der Waals surface area contributed by atoms with Crippen LogP contribution in [0.15, 0.2) is 67.1 Å². The number of carbonyl (C=O) groups is 1. The van der Waals surface area contributed by atoms with Gasteiger partial charge < -0.3 is 19.5 Å². The van der Waals surface area contributed by atoms with Crippen LogP contribution in [0.25, 0.3) is 6.08 Å². The van der Waals surface area contributed by atoms with Crippen molar-refractivity contribution in [2.24, 2.45) is 0 Å². The third-order valence-electron chi connectivity index (χ3n) is 3.69. The van der Waals surface area contributed by atoms with Gasteiger partial charge in [0.2, 0.25) is 18.6 Å². The van der Waals surface area contributed by atoms with Gasteiger partial charge in [0.25, 0.3) is 0 Å². The first-order chi connectivity index (χ1) is 13.3. The van der Waals surface area contributed by atoms with E-state index < -0.39 is 0 Å². The second-order valence-corrected chi connectivity index (χ2v) is 5.61. The molecule has 0 radical (unpaired) electrons. The molecule has 1 aliphatic rings. The summed E-state index contributed by atoms with van der Waals surface area (Å²) < 4.78 is 16.2. The van der Waals surface area contributed by atoms with Crippen molar-refractivity contribution in [1.82, 2.24) is 9.97 Å². The summed E-state index contributed by atoms with van der Waals surface area (Å²) in [6, 6.07) is 12.5. The number of nitrogens with zero attached hydrogens (tertiary/aromatic N) is 2. The second kappa shape index (κ2) is 7.57. The smallest absolute Gasteiger partial charge is 0.248 e. The van der Waals surface area contributed by atoms with Crippen molar-refractivity contribution in [1.29, 1.82) is 0 Å². The van der Waals surface area contributed by atoms with Gasteiger partial charge in [0.05, 0.1) is 6.20 Å². The zero-order valence-corrected chi connectivity index (χ0v) is 14.2. The standard InChI is InChI=1S/C20H15N3O4/c24-19(7-5-14-4-6-17-18(10-14)26-13-25-17)23-15-2-1-3-16(11-15)27-20-12-21-8-9-22-20/h1-12H,13H2,(H,23,24). The maximum atomic E-state index is 12.2. The molecule has 0 unspecified atom stereocenters. The fourth-order valence-corrected chi connectivity index (χ4v) is 2.47. The van der Waals surface area contributed by atoms with Gasteiger partial charge in [-0.05, 0) is 35.9 Å². The van der Waals surface area contributed by atoms with Gasteiger partial charge in [-0.3, -0.25) is 9.78 Å². The van der Waals surface area contributed by atoms with E-state index in [0.29, 0.717) is 28.8 Å². The van der Waals surface area contributed by atoms with Gasteiger partial charge in [0.15, 0.2) is 11.5 Å². The van der Waals surface area contributed by atoms with Crippen LogP contribution in [-0.4, -0.2) is 22.7 Å². The van der Waals surface area contributed by atoms with E-state index in [1.54, 1.807) is 42.7 Å². The second-order valence-electron chi connectivity index (χ2n) is 5.61. The van der Waals surface area contributed by atoms with Gasteiger partial charge in [0, 0.05) is 30.2 Å². The molecule has 2 heterocycles. The minimum absolute atomic E-state index is 0.218. The fraction of sp³-hybridized carbons (Fsp3) is 0.0500. The molecular weight excluding hydrogens is 346 g/mol. The lowest BCUT2D eigenvalue weighted by molar-refractivity contribution is -0.111. The first-order valence-corrected chi connectivity index (χ1v) is 8.19. The number of fused-ring (bicyclic) bond motifs is 1. The molecule has 1 aromatic heterocycles. The lowest BCUT2D eigenvalue weighted by Gasteiger charge is -2.07. The predicted octanol–water partition coefficient (Wildman–Crippen LogP) is 3.65. The SMILES string of the molecule is O=C(C=Cc1ccc2c(c1)OCO2)Nc1cccc(Oc2cnccn2)c1. The number of ether oxygens (including phenoxy) is 3. The largest absolute Gasteiger partial charge is 0.454 e. The van der Waals surface area contributed by atoms with Crippen LogP contribution < -0.4 is 19.5 Å². The molecule has 1 amide bonds. The Bertz CT molecular complexity index is 990. The third kappa shape index (κ3) is 4.21. The highest BCUT2D eigenvalue weighted by Gasteiger charge is 2.12. The Kier molecular flexibility index (Phi) is 4.65. The lowest BCUT2D eigenvalue weighted by atomic mass is 10.2. The van der Waals surface area contributed by atoms with E-state index >= 15 is 0 Å². The number of aromatic nitrogens is 2. The molecular formula is C20H15N3O4. The molecule has 0 bridgehead atoms. The topological polar surface area (TPSA) is 82.6 Å². The summed E-state index contributed by atoms with van der Waals surface area (Å²) in [5.74, 6) is 2.05. The van der Waals surface area contributed by atoms with Crippen molar-refractivity contribution in [3.8, 4) is 23.1 Å². The zero-order valence-electron chi connectivity index (χ0n) is 14.2. The number of anilines is 1. The number of benzene rings is 2. The molecule has 3 aromatic rings. The first-order valence-electron chi connectivity index (χ1n) is 8.19. The molecule has 0 fully saturated rings. The van der Waals surface area contributed by atoms with Crippen molar-refractivity contribution in [3.05, 3.63) is 72.7 Å². The van der Waals surface area contributed by atoms with Crippen LogP contribution in [0.1, 0.15) is 5.56 Å². The molecule has 134 valence electrons. The Balaban J connectivity index is 1.40. The molecule has 0 aliphatic carbocycles. The molecule has 7 heteroatoms. The number of carbonyl (C=O) groups excluding carboxylic acids is 1. The lowest BCUT2D eigenvalue weighted by Crippen LogP contribution is -2.07. The normalized spacial score (nSPS) is 12.1. The Hall–Kier alpha value is -3.87. The number of hydrogen-bond acceptors (Lipinski definition) is 6. The molecule has 0 saturated heterocycles. The van der Waals surface area contributed by atoms with E-state index in [-0.39, 0.29) is 12.7 Å². The van der Waals surface area contributed by atoms with Crippen LogP contribution in [0.3, 0.4) is 0 Å². The van der Waals surface area contributed by atoms with Gasteiger partial charge in [-0.15, -0.1) is 0 Å². The summed E-state index contributed by atoms with van der Waals surface area (Å²) in [5.41, 5.74) is 1.45. The molecule has 1 N–H and O–H groups in total. The minimum atomic E-state index is -0.260. The van der Waals surface area contributed by atoms with E-state index in [2.05, 4.69) is 15.3 Å². The quantitative estimate of drug-likeness (QED) is 0.699. The highest BCUT2D eigenvalue weighted by Crippen LogP contribution is 2.32. The summed E-state index contributed by atoms with van der Waals surface area (Å²) in [5, 5.41) is 2.79. The van der Waals surface area contributed by atoms with E-state index in [4.69, 9.17) is 14.2 Å². The third-order valence-corrected chi connectivity index (χ3v) is 3.69. The summed E-state index contributed by atoms with van der Waals surface area (Å²) in [4.78, 5) is 20.2. The predicted molar refractivity (Wildman–Crippen MR) is 98.8 cm³/mol. The van der Waals surface area contributed by atoms with Crippen LogP contribution in [0.2, 0.25) is 0 Å². The van der Waals surface area contributed by atoms with Crippen molar-refractivity contribution in [2.75, 3.05) is 12.1 Å². The highest BCUT2D eigenvalue weighted by molar-refractivity contribution is 6.02. The molecule has 7 nitrogen and oxygen atoms in total. The molecule has 2 aromatic carbocycles. The van der Waals surface area contributed by atoms with Gasteiger partial charge in [-0.25, -0.2) is 4.98 Å². The molecule has 0 spiro atoms. The van der Waals surface area contributed by atoms with E-state index in [9.17, 15) is 4.79 Å². The number of hydrogen-bond donors (Lipinski definition) is 1. The fourth-order valence-electron chi connectivity index (χ4n) is 2.47. The summed E-state index contributed by atoms with van der Waals surface area (Å²) in [7, 11) is 0. The summed E-state index contributed by atoms with van der Waals surface area (Å²) >= 11 is 0.